The van der Waals surface area contributed by atoms with Crippen molar-refractivity contribution in [2.45, 2.75) is 36.6 Å². The fourth-order valence-corrected chi connectivity index (χ4v) is 6.88. The summed E-state index contributed by atoms with van der Waals surface area (Å²) in [5.41, 5.74) is -1.27. The van der Waals surface area contributed by atoms with Crippen LogP contribution >= 0.6 is 11.6 Å². The first-order valence-corrected chi connectivity index (χ1v) is 13.5. The Morgan fingerprint density at radius 3 is 2.44 bits per heavy atom. The molecule has 1 unspecified atom stereocenters. The predicted molar refractivity (Wildman–Crippen MR) is 144 cm³/mol. The first-order valence-electron chi connectivity index (χ1n) is 13.1. The van der Waals surface area contributed by atoms with Crippen LogP contribution in [-0.2, 0) is 23.9 Å². The van der Waals surface area contributed by atoms with Crippen molar-refractivity contribution in [1.29, 1.82) is 0 Å². The Labute approximate surface area is 231 Å². The van der Waals surface area contributed by atoms with Gasteiger partial charge >= 0.3 is 5.97 Å². The molecule has 6 rings (SSSR count). The molecule has 6 atom stereocenters. The first kappa shape index (κ1) is 25.8. The van der Waals surface area contributed by atoms with Crippen LogP contribution < -0.4 is 4.90 Å². The highest BCUT2D eigenvalue weighted by Crippen LogP contribution is 2.59. The smallest absolute Gasteiger partial charge is 0.313 e. The summed E-state index contributed by atoms with van der Waals surface area (Å²) >= 11 is 6.11. The number of rotatable bonds is 5. The summed E-state index contributed by atoms with van der Waals surface area (Å²) in [5.74, 6) is -3.28. The van der Waals surface area contributed by atoms with Gasteiger partial charge in [-0.1, -0.05) is 67.1 Å². The number of carbonyl (C=O) groups is 3. The molecule has 2 aromatic rings. The molecule has 39 heavy (non-hydrogen) atoms. The van der Waals surface area contributed by atoms with Gasteiger partial charge in [-0.3, -0.25) is 14.4 Å². The minimum Gasteiger partial charge on any atom is -0.461 e. The fraction of sp³-hybridized carbons (Fsp3) is 0.367. The van der Waals surface area contributed by atoms with Crippen LogP contribution in [0, 0.1) is 11.8 Å². The molecule has 0 aromatic heterocycles. The molecule has 2 fully saturated rings. The molecule has 0 aliphatic carbocycles. The van der Waals surface area contributed by atoms with Crippen LogP contribution in [0.5, 0.6) is 0 Å². The summed E-state index contributed by atoms with van der Waals surface area (Å²) in [5, 5.41) is 11.1. The molecule has 0 radical (unpaired) electrons. The van der Waals surface area contributed by atoms with Crippen molar-refractivity contribution in [2.75, 3.05) is 24.7 Å². The van der Waals surface area contributed by atoms with Crippen LogP contribution in [0.15, 0.2) is 78.9 Å². The lowest BCUT2D eigenvalue weighted by Crippen LogP contribution is -2.57. The number of cyclic esters (lactones) is 1. The number of fused-ring (bicyclic) bond motifs is 2. The van der Waals surface area contributed by atoms with Gasteiger partial charge in [-0.15, -0.1) is 0 Å². The number of ether oxygens (including phenoxy) is 2. The Balaban J connectivity index is 1.55. The number of hydrogen-bond acceptors (Lipinski definition) is 6. The highest BCUT2D eigenvalue weighted by atomic mass is 35.5. The molecule has 0 saturated carbocycles. The van der Waals surface area contributed by atoms with E-state index in [1.54, 1.807) is 41.3 Å². The molecule has 2 aromatic carbocycles. The largest absolute Gasteiger partial charge is 0.461 e. The molecule has 4 aliphatic heterocycles. The van der Waals surface area contributed by atoms with E-state index in [0.717, 1.165) is 0 Å². The maximum Gasteiger partial charge on any atom is 0.313 e. The summed E-state index contributed by atoms with van der Waals surface area (Å²) < 4.78 is 12.4. The van der Waals surface area contributed by atoms with Gasteiger partial charge in [0, 0.05) is 17.3 Å². The van der Waals surface area contributed by atoms with Gasteiger partial charge in [0.25, 0.3) is 5.91 Å². The van der Waals surface area contributed by atoms with Crippen LogP contribution in [-0.4, -0.2) is 64.8 Å². The number of nitrogens with zero attached hydrogens (tertiary/aromatic N) is 2. The molecule has 4 aliphatic rings. The number of carbonyl (C=O) groups excluding carboxylic acids is 3. The number of likely N-dealkylation sites (tertiary alicyclic amines) is 1. The third kappa shape index (κ3) is 3.77. The van der Waals surface area contributed by atoms with Gasteiger partial charge in [0.1, 0.15) is 29.8 Å². The lowest BCUT2D eigenvalue weighted by molar-refractivity contribution is -0.159. The Hall–Kier alpha value is -3.46. The highest BCUT2D eigenvalue weighted by molar-refractivity contribution is 6.30. The molecule has 2 amide bonds. The molecule has 1 spiro atoms. The van der Waals surface area contributed by atoms with Crippen molar-refractivity contribution in [3.8, 4) is 0 Å². The lowest BCUT2D eigenvalue weighted by Gasteiger charge is -2.40. The molecule has 1 N–H and O–H groups in total. The standard InChI is InChI=1S/C30H29ClN2O6/c1-2-29-14-7-17-38-28(37)24(29)23-26(35)33(22(18-34)19-8-4-3-5-9-19)25-27(36)32(16-6-15-30(23,25)39-29)21-12-10-20(31)11-13-21/h3-15,22-25,34H,2,16-18H2,1H3/t22-,23+,24+,25?,29-,30+/m1/s1. The number of aliphatic hydroxyl groups is 1. The first-order chi connectivity index (χ1) is 18.9. The molecule has 2 saturated heterocycles. The fourth-order valence-electron chi connectivity index (χ4n) is 6.75. The van der Waals surface area contributed by atoms with Crippen LogP contribution in [0.25, 0.3) is 0 Å². The monoisotopic (exact) mass is 548 g/mol. The maximum atomic E-state index is 14.6. The summed E-state index contributed by atoms with van der Waals surface area (Å²) in [6, 6.07) is 14.0. The summed E-state index contributed by atoms with van der Waals surface area (Å²) in [6.07, 6.45) is 7.55. The van der Waals surface area contributed by atoms with Gasteiger partial charge in [0.2, 0.25) is 5.91 Å². The number of aliphatic hydroxyl groups excluding tert-OH is 1. The normalized spacial score (nSPS) is 32.3. The number of esters is 1. The lowest BCUT2D eigenvalue weighted by atomic mass is 9.73. The summed E-state index contributed by atoms with van der Waals surface area (Å²) in [6.45, 7) is 1.80. The van der Waals surface area contributed by atoms with Gasteiger partial charge in [-0.05, 0) is 42.3 Å². The second-order valence-corrected chi connectivity index (χ2v) is 10.8. The number of amides is 2. The maximum absolute atomic E-state index is 14.6. The van der Waals surface area contributed by atoms with Gasteiger partial charge in [-0.25, -0.2) is 0 Å². The molecule has 8 nitrogen and oxygen atoms in total. The van der Waals surface area contributed by atoms with Crippen LogP contribution in [0.4, 0.5) is 5.69 Å². The van der Waals surface area contributed by atoms with Crippen molar-refractivity contribution in [1.82, 2.24) is 4.90 Å². The average molecular weight is 549 g/mol. The van der Waals surface area contributed by atoms with E-state index in [0.29, 0.717) is 22.7 Å². The van der Waals surface area contributed by atoms with Gasteiger partial charge < -0.3 is 24.4 Å². The second-order valence-electron chi connectivity index (χ2n) is 10.3. The number of anilines is 1. The van der Waals surface area contributed by atoms with E-state index in [9.17, 15) is 19.5 Å². The molecule has 202 valence electrons. The van der Waals surface area contributed by atoms with Gasteiger partial charge in [0.15, 0.2) is 0 Å². The summed E-state index contributed by atoms with van der Waals surface area (Å²) in [7, 11) is 0. The predicted octanol–water partition coefficient (Wildman–Crippen LogP) is 3.45. The van der Waals surface area contributed by atoms with E-state index >= 15 is 0 Å². The molecule has 4 heterocycles. The Kier molecular flexibility index (Phi) is 6.37. The molecule has 9 heteroatoms. The van der Waals surface area contributed by atoms with Crippen LogP contribution in [0.3, 0.4) is 0 Å². The SMILES string of the molecule is CC[C@@]12C=CCOC(=O)[C@@H]1[C@H]1C(=O)N([C@H](CO)c3ccccc3)C3C(=O)N(c4ccc(Cl)cc4)CC=C[C@@]31O2. The van der Waals surface area contributed by atoms with E-state index in [1.165, 1.54) is 4.90 Å². The van der Waals surface area contributed by atoms with E-state index < -0.39 is 53.6 Å². The Bertz CT molecular complexity index is 1360. The van der Waals surface area contributed by atoms with Crippen molar-refractivity contribution in [3.63, 3.8) is 0 Å². The van der Waals surface area contributed by atoms with Crippen LogP contribution in [0.2, 0.25) is 5.02 Å². The number of halogens is 1. The Morgan fingerprint density at radius 1 is 1.00 bits per heavy atom. The number of hydrogen-bond donors (Lipinski definition) is 1. The topological polar surface area (TPSA) is 96.4 Å². The van der Waals surface area contributed by atoms with E-state index in [1.807, 2.05) is 49.4 Å². The van der Waals surface area contributed by atoms with E-state index in [2.05, 4.69) is 0 Å². The second kappa shape index (κ2) is 9.62. The zero-order chi connectivity index (χ0) is 27.4. The van der Waals surface area contributed by atoms with Crippen molar-refractivity contribution < 1.29 is 29.0 Å². The zero-order valence-electron chi connectivity index (χ0n) is 21.4. The number of benzene rings is 2. The quantitative estimate of drug-likeness (QED) is 0.454. The average Bonchev–Trinajstić information content (AvgIpc) is 3.22. The minimum absolute atomic E-state index is 0.0872. The van der Waals surface area contributed by atoms with Crippen LogP contribution in [0.1, 0.15) is 24.9 Å². The van der Waals surface area contributed by atoms with Crippen molar-refractivity contribution in [3.05, 3.63) is 89.5 Å². The third-order valence-electron chi connectivity index (χ3n) is 8.46. The van der Waals surface area contributed by atoms with Gasteiger partial charge in [-0.2, -0.15) is 0 Å². The third-order valence-corrected chi connectivity index (χ3v) is 8.72. The van der Waals surface area contributed by atoms with Crippen molar-refractivity contribution in [2.24, 2.45) is 11.8 Å². The zero-order valence-corrected chi connectivity index (χ0v) is 22.2. The van der Waals surface area contributed by atoms with Crippen molar-refractivity contribution >= 4 is 35.1 Å². The minimum atomic E-state index is -1.45. The van der Waals surface area contributed by atoms with E-state index in [4.69, 9.17) is 21.1 Å². The molecular weight excluding hydrogens is 520 g/mol. The molecule has 0 bridgehead atoms. The van der Waals surface area contributed by atoms with Gasteiger partial charge in [0.05, 0.1) is 18.6 Å². The highest BCUT2D eigenvalue weighted by Gasteiger charge is 2.76. The van der Waals surface area contributed by atoms with E-state index in [-0.39, 0.29) is 19.1 Å². The molecular formula is C30H29ClN2O6. The summed E-state index contributed by atoms with van der Waals surface area (Å²) in [4.78, 5) is 45.5. The Morgan fingerprint density at radius 2 is 1.74 bits per heavy atom.